The Labute approximate surface area is 104 Å². The Hall–Kier alpha value is -1.86. The molecule has 1 saturated heterocycles. The average molecular weight is 280 g/mol. The van der Waals surface area contributed by atoms with Crippen molar-refractivity contribution in [2.75, 3.05) is 11.9 Å². The molecule has 0 aliphatic carbocycles. The minimum absolute atomic E-state index is 0.0539. The molecule has 19 heavy (non-hydrogen) atoms. The van der Waals surface area contributed by atoms with E-state index in [1.54, 1.807) is 0 Å². The third-order valence-electron chi connectivity index (χ3n) is 2.82. The zero-order chi connectivity index (χ0) is 14.2. The van der Waals surface area contributed by atoms with Gasteiger partial charge in [-0.2, -0.15) is 0 Å². The molecule has 0 bridgehead atoms. The van der Waals surface area contributed by atoms with Gasteiger partial charge in [0, 0.05) is 19.0 Å². The number of rotatable bonds is 2. The summed E-state index contributed by atoms with van der Waals surface area (Å²) in [5.74, 6) is -10.2. The lowest BCUT2D eigenvalue weighted by Crippen LogP contribution is -2.42. The molecule has 1 aliphatic rings. The van der Waals surface area contributed by atoms with Crippen LogP contribution in [0.4, 0.5) is 27.6 Å². The molecule has 0 radical (unpaired) electrons. The van der Waals surface area contributed by atoms with Crippen molar-refractivity contribution in [2.24, 2.45) is 0 Å². The van der Waals surface area contributed by atoms with Crippen molar-refractivity contribution in [1.82, 2.24) is 5.32 Å². The molecule has 104 valence electrons. The van der Waals surface area contributed by atoms with Crippen LogP contribution in [0.2, 0.25) is 0 Å². The van der Waals surface area contributed by atoms with E-state index >= 15 is 0 Å². The van der Waals surface area contributed by atoms with Crippen molar-refractivity contribution >= 4 is 11.6 Å². The molecule has 2 rings (SSSR count). The van der Waals surface area contributed by atoms with Gasteiger partial charge in [0.05, 0.1) is 0 Å². The molecule has 3 nitrogen and oxygen atoms in total. The van der Waals surface area contributed by atoms with Gasteiger partial charge in [-0.05, 0) is 6.42 Å². The number of hydrogen-bond acceptors (Lipinski definition) is 2. The van der Waals surface area contributed by atoms with Crippen LogP contribution in [0.15, 0.2) is 0 Å². The fraction of sp³-hybridized carbons (Fsp3) is 0.364. The summed E-state index contributed by atoms with van der Waals surface area (Å²) in [4.78, 5) is 10.9. The van der Waals surface area contributed by atoms with Gasteiger partial charge in [0.15, 0.2) is 23.3 Å². The highest BCUT2D eigenvalue weighted by atomic mass is 19.2. The zero-order valence-corrected chi connectivity index (χ0v) is 9.50. The minimum atomic E-state index is -2.20. The molecule has 8 heteroatoms. The highest BCUT2D eigenvalue weighted by Gasteiger charge is 2.28. The molecule has 1 amide bonds. The lowest BCUT2D eigenvalue weighted by Gasteiger charge is -2.25. The molecule has 0 aromatic heterocycles. The predicted octanol–water partition coefficient (Wildman–Crippen LogP) is 2.07. The first kappa shape index (κ1) is 13.6. The van der Waals surface area contributed by atoms with Crippen LogP contribution in [0.25, 0.3) is 0 Å². The number of carbonyl (C=O) groups excluding carboxylic acids is 1. The Bertz CT molecular complexity index is 495. The molecule has 2 N–H and O–H groups in total. The van der Waals surface area contributed by atoms with Crippen molar-refractivity contribution in [1.29, 1.82) is 0 Å². The van der Waals surface area contributed by atoms with Crippen LogP contribution in [-0.2, 0) is 4.79 Å². The monoisotopic (exact) mass is 280 g/mol. The molecule has 0 saturated carbocycles. The Morgan fingerprint density at radius 1 is 0.947 bits per heavy atom. The summed E-state index contributed by atoms with van der Waals surface area (Å²) >= 11 is 0. The van der Waals surface area contributed by atoms with Crippen LogP contribution >= 0.6 is 0 Å². The normalized spacial score (nSPS) is 19.2. The summed E-state index contributed by atoms with van der Waals surface area (Å²) < 4.78 is 65.4. The molecule has 1 atom stereocenters. The summed E-state index contributed by atoms with van der Waals surface area (Å²) in [6.07, 6.45) is 0.360. The van der Waals surface area contributed by atoms with Gasteiger partial charge >= 0.3 is 0 Å². The fourth-order valence-electron chi connectivity index (χ4n) is 1.79. The predicted molar refractivity (Wildman–Crippen MR) is 55.9 cm³/mol. The summed E-state index contributed by atoms with van der Waals surface area (Å²) in [5, 5.41) is 4.66. The van der Waals surface area contributed by atoms with E-state index in [0.717, 1.165) is 0 Å². The number of hydrogen-bond donors (Lipinski definition) is 2. The summed E-state index contributed by atoms with van der Waals surface area (Å²) in [6.45, 7) is 0.0539. The number of carbonyl (C=O) groups is 1. The smallest absolute Gasteiger partial charge is 0.220 e. The summed E-state index contributed by atoms with van der Waals surface area (Å²) in [7, 11) is 0. The Kier molecular flexibility index (Phi) is 3.59. The summed E-state index contributed by atoms with van der Waals surface area (Å²) in [5.41, 5.74) is -1.07. The topological polar surface area (TPSA) is 41.1 Å². The zero-order valence-electron chi connectivity index (χ0n) is 9.50. The van der Waals surface area contributed by atoms with E-state index in [0.29, 0.717) is 0 Å². The minimum Gasteiger partial charge on any atom is -0.376 e. The third-order valence-corrected chi connectivity index (χ3v) is 2.82. The van der Waals surface area contributed by atoms with Crippen LogP contribution in [0.1, 0.15) is 12.8 Å². The van der Waals surface area contributed by atoms with Gasteiger partial charge in [-0.15, -0.1) is 0 Å². The SMILES string of the molecule is O=C1CCC(Nc2c(F)c(F)c(F)c(F)c2F)CN1. The van der Waals surface area contributed by atoms with Crippen molar-refractivity contribution in [3.63, 3.8) is 0 Å². The highest BCUT2D eigenvalue weighted by molar-refractivity contribution is 5.77. The molecule has 1 aromatic rings. The van der Waals surface area contributed by atoms with E-state index in [9.17, 15) is 26.7 Å². The lowest BCUT2D eigenvalue weighted by atomic mass is 10.1. The average Bonchev–Trinajstić information content (AvgIpc) is 2.41. The molecule has 1 aliphatic heterocycles. The number of piperidine rings is 1. The van der Waals surface area contributed by atoms with E-state index in [4.69, 9.17) is 0 Å². The second-order valence-electron chi connectivity index (χ2n) is 4.13. The molecule has 1 unspecified atom stereocenters. The molecule has 1 fully saturated rings. The van der Waals surface area contributed by atoms with Crippen LogP contribution < -0.4 is 10.6 Å². The van der Waals surface area contributed by atoms with Crippen molar-refractivity contribution < 1.29 is 26.7 Å². The standard InChI is InChI=1S/C11H9F5N2O/c12-6-7(13)9(15)11(10(16)8(6)14)18-4-1-2-5(19)17-3-4/h4,18H,1-3H2,(H,17,19). The van der Waals surface area contributed by atoms with E-state index in [1.165, 1.54) is 0 Å². The molecule has 0 spiro atoms. The first-order chi connectivity index (χ1) is 8.91. The van der Waals surface area contributed by atoms with Gasteiger partial charge in [-0.25, -0.2) is 22.0 Å². The molecule has 1 aromatic carbocycles. The summed E-state index contributed by atoms with van der Waals surface area (Å²) in [6, 6.07) is -0.592. The van der Waals surface area contributed by atoms with Crippen LogP contribution in [-0.4, -0.2) is 18.5 Å². The maximum Gasteiger partial charge on any atom is 0.220 e. The van der Waals surface area contributed by atoms with Gasteiger partial charge < -0.3 is 10.6 Å². The number of amides is 1. The van der Waals surface area contributed by atoms with Crippen molar-refractivity contribution in [3.8, 4) is 0 Å². The Morgan fingerprint density at radius 2 is 1.47 bits per heavy atom. The quantitative estimate of drug-likeness (QED) is 0.494. The number of anilines is 1. The molecular formula is C11H9F5N2O. The second-order valence-corrected chi connectivity index (χ2v) is 4.13. The largest absolute Gasteiger partial charge is 0.376 e. The maximum atomic E-state index is 13.4. The Balaban J connectivity index is 2.28. The van der Waals surface area contributed by atoms with Crippen molar-refractivity contribution in [3.05, 3.63) is 29.1 Å². The van der Waals surface area contributed by atoms with Crippen molar-refractivity contribution in [2.45, 2.75) is 18.9 Å². The van der Waals surface area contributed by atoms with Gasteiger partial charge in [0.2, 0.25) is 11.7 Å². The van der Waals surface area contributed by atoms with Gasteiger partial charge in [-0.3, -0.25) is 4.79 Å². The van der Waals surface area contributed by atoms with E-state index < -0.39 is 40.8 Å². The fourth-order valence-corrected chi connectivity index (χ4v) is 1.79. The Morgan fingerprint density at radius 3 is 1.95 bits per heavy atom. The van der Waals surface area contributed by atoms with E-state index in [-0.39, 0.29) is 25.3 Å². The van der Waals surface area contributed by atoms with Gasteiger partial charge in [0.25, 0.3) is 0 Å². The van der Waals surface area contributed by atoms with Gasteiger partial charge in [0.1, 0.15) is 5.69 Å². The van der Waals surface area contributed by atoms with Crippen LogP contribution in [0.3, 0.4) is 0 Å². The first-order valence-corrected chi connectivity index (χ1v) is 5.46. The number of nitrogens with one attached hydrogen (secondary N) is 2. The molecular weight excluding hydrogens is 271 g/mol. The maximum absolute atomic E-state index is 13.4. The number of halogens is 5. The van der Waals surface area contributed by atoms with E-state index in [1.807, 2.05) is 0 Å². The lowest BCUT2D eigenvalue weighted by molar-refractivity contribution is -0.122. The third kappa shape index (κ3) is 2.47. The van der Waals surface area contributed by atoms with Crippen LogP contribution in [0, 0.1) is 29.1 Å². The molecule has 1 heterocycles. The van der Waals surface area contributed by atoms with E-state index in [2.05, 4.69) is 10.6 Å². The highest BCUT2D eigenvalue weighted by Crippen LogP contribution is 2.28. The second kappa shape index (κ2) is 5.02. The van der Waals surface area contributed by atoms with Crippen LogP contribution in [0.5, 0.6) is 0 Å². The van der Waals surface area contributed by atoms with Gasteiger partial charge in [-0.1, -0.05) is 0 Å². The number of benzene rings is 1. The first-order valence-electron chi connectivity index (χ1n) is 5.46.